The SMILES string of the molecule is CCNC1(C(N)=O)CCC(C(C)(C)C)CC1. The van der Waals surface area contributed by atoms with Crippen molar-refractivity contribution in [2.24, 2.45) is 17.1 Å². The smallest absolute Gasteiger partial charge is 0.237 e. The number of primary amides is 1. The van der Waals surface area contributed by atoms with Gasteiger partial charge in [-0.15, -0.1) is 0 Å². The zero-order valence-corrected chi connectivity index (χ0v) is 11.1. The highest BCUT2D eigenvalue weighted by atomic mass is 16.1. The molecule has 0 aromatic carbocycles. The highest BCUT2D eigenvalue weighted by Crippen LogP contribution is 2.41. The van der Waals surface area contributed by atoms with Gasteiger partial charge in [0, 0.05) is 0 Å². The van der Waals surface area contributed by atoms with E-state index in [2.05, 4.69) is 26.1 Å². The second-order valence-electron chi connectivity index (χ2n) is 6.12. The van der Waals surface area contributed by atoms with Gasteiger partial charge in [-0.2, -0.15) is 0 Å². The monoisotopic (exact) mass is 226 g/mol. The van der Waals surface area contributed by atoms with Crippen LogP contribution in [-0.4, -0.2) is 18.0 Å². The van der Waals surface area contributed by atoms with Crippen molar-refractivity contribution in [3.05, 3.63) is 0 Å². The fraction of sp³-hybridized carbons (Fsp3) is 0.923. The third kappa shape index (κ3) is 2.76. The van der Waals surface area contributed by atoms with E-state index in [-0.39, 0.29) is 5.91 Å². The molecule has 0 atom stereocenters. The summed E-state index contributed by atoms with van der Waals surface area (Å²) >= 11 is 0. The Hall–Kier alpha value is -0.570. The Labute approximate surface area is 99.2 Å². The van der Waals surface area contributed by atoms with Crippen LogP contribution in [0.5, 0.6) is 0 Å². The van der Waals surface area contributed by atoms with Gasteiger partial charge in [-0.1, -0.05) is 27.7 Å². The first kappa shape index (κ1) is 13.5. The standard InChI is InChI=1S/C13H26N2O/c1-5-15-13(11(14)16)8-6-10(7-9-13)12(2,3)4/h10,15H,5-9H2,1-4H3,(H2,14,16). The molecule has 3 heteroatoms. The van der Waals surface area contributed by atoms with Crippen molar-refractivity contribution >= 4 is 5.91 Å². The van der Waals surface area contributed by atoms with E-state index in [1.54, 1.807) is 0 Å². The number of hydrogen-bond donors (Lipinski definition) is 2. The Morgan fingerprint density at radius 2 is 1.88 bits per heavy atom. The first-order valence-electron chi connectivity index (χ1n) is 6.37. The number of likely N-dealkylation sites (N-methyl/N-ethyl adjacent to an activating group) is 1. The summed E-state index contributed by atoms with van der Waals surface area (Å²) < 4.78 is 0. The highest BCUT2D eigenvalue weighted by molar-refractivity contribution is 5.84. The number of hydrogen-bond acceptors (Lipinski definition) is 2. The van der Waals surface area contributed by atoms with E-state index >= 15 is 0 Å². The molecule has 94 valence electrons. The van der Waals surface area contributed by atoms with Gasteiger partial charge in [0.1, 0.15) is 0 Å². The van der Waals surface area contributed by atoms with Gasteiger partial charge in [-0.25, -0.2) is 0 Å². The Morgan fingerprint density at radius 3 is 2.19 bits per heavy atom. The zero-order chi connectivity index (χ0) is 12.4. The molecular formula is C13H26N2O. The van der Waals surface area contributed by atoms with Gasteiger partial charge in [-0.05, 0) is 43.6 Å². The maximum Gasteiger partial charge on any atom is 0.237 e. The van der Waals surface area contributed by atoms with E-state index in [0.717, 1.165) is 32.2 Å². The van der Waals surface area contributed by atoms with Crippen LogP contribution in [0.25, 0.3) is 0 Å². The average molecular weight is 226 g/mol. The maximum atomic E-state index is 11.6. The van der Waals surface area contributed by atoms with Gasteiger partial charge in [0.05, 0.1) is 5.54 Å². The minimum absolute atomic E-state index is 0.179. The van der Waals surface area contributed by atoms with Crippen LogP contribution in [0, 0.1) is 11.3 Å². The molecule has 0 heterocycles. The van der Waals surface area contributed by atoms with Gasteiger partial charge < -0.3 is 11.1 Å². The largest absolute Gasteiger partial charge is 0.368 e. The lowest BCUT2D eigenvalue weighted by Gasteiger charge is -2.42. The molecule has 1 aliphatic carbocycles. The lowest BCUT2D eigenvalue weighted by atomic mass is 9.67. The van der Waals surface area contributed by atoms with E-state index in [4.69, 9.17) is 5.73 Å². The summed E-state index contributed by atoms with van der Waals surface area (Å²) in [4.78, 5) is 11.6. The summed E-state index contributed by atoms with van der Waals surface area (Å²) in [6.45, 7) is 9.68. The molecule has 0 bridgehead atoms. The molecule has 0 spiro atoms. The van der Waals surface area contributed by atoms with Crippen molar-refractivity contribution in [2.45, 2.75) is 58.9 Å². The van der Waals surface area contributed by atoms with Crippen LogP contribution in [0.3, 0.4) is 0 Å². The van der Waals surface area contributed by atoms with Gasteiger partial charge in [0.2, 0.25) is 5.91 Å². The molecule has 16 heavy (non-hydrogen) atoms. The van der Waals surface area contributed by atoms with E-state index < -0.39 is 5.54 Å². The molecule has 1 rings (SSSR count). The Balaban J connectivity index is 2.67. The molecule has 1 aliphatic rings. The zero-order valence-electron chi connectivity index (χ0n) is 11.1. The maximum absolute atomic E-state index is 11.6. The minimum Gasteiger partial charge on any atom is -0.368 e. The topological polar surface area (TPSA) is 55.1 Å². The van der Waals surface area contributed by atoms with Crippen LogP contribution in [0.4, 0.5) is 0 Å². The summed E-state index contributed by atoms with van der Waals surface area (Å²) in [7, 11) is 0. The molecule has 0 aromatic heterocycles. The molecule has 0 aliphatic heterocycles. The molecule has 0 unspecified atom stereocenters. The second-order valence-corrected chi connectivity index (χ2v) is 6.12. The number of nitrogens with two attached hydrogens (primary N) is 1. The molecule has 3 N–H and O–H groups in total. The molecular weight excluding hydrogens is 200 g/mol. The Morgan fingerprint density at radius 1 is 1.38 bits per heavy atom. The van der Waals surface area contributed by atoms with Crippen LogP contribution in [0.15, 0.2) is 0 Å². The van der Waals surface area contributed by atoms with Crippen molar-refractivity contribution in [1.82, 2.24) is 5.32 Å². The normalized spacial score (nSPS) is 31.4. The summed E-state index contributed by atoms with van der Waals surface area (Å²) in [5.41, 5.74) is 5.45. The van der Waals surface area contributed by atoms with E-state index in [0.29, 0.717) is 11.3 Å². The number of carbonyl (C=O) groups is 1. The quantitative estimate of drug-likeness (QED) is 0.774. The lowest BCUT2D eigenvalue weighted by molar-refractivity contribution is -0.126. The van der Waals surface area contributed by atoms with E-state index in [1.807, 2.05) is 6.92 Å². The van der Waals surface area contributed by atoms with Crippen molar-refractivity contribution in [3.8, 4) is 0 Å². The van der Waals surface area contributed by atoms with E-state index in [1.165, 1.54) is 0 Å². The first-order valence-corrected chi connectivity index (χ1v) is 6.37. The van der Waals surface area contributed by atoms with Gasteiger partial charge in [-0.3, -0.25) is 4.79 Å². The number of amides is 1. The molecule has 0 aromatic rings. The molecule has 0 saturated heterocycles. The Kier molecular flexibility index (Phi) is 4.00. The molecule has 3 nitrogen and oxygen atoms in total. The van der Waals surface area contributed by atoms with Crippen molar-refractivity contribution in [1.29, 1.82) is 0 Å². The summed E-state index contributed by atoms with van der Waals surface area (Å²) in [5, 5.41) is 3.29. The predicted octanol–water partition coefficient (Wildman–Crippen LogP) is 2.06. The first-order chi connectivity index (χ1) is 7.32. The fourth-order valence-electron chi connectivity index (χ4n) is 2.83. The van der Waals surface area contributed by atoms with Crippen LogP contribution in [0.2, 0.25) is 0 Å². The summed E-state index contributed by atoms with van der Waals surface area (Å²) in [5.74, 6) is 0.528. The fourth-order valence-corrected chi connectivity index (χ4v) is 2.83. The molecule has 1 amide bonds. The summed E-state index contributed by atoms with van der Waals surface area (Å²) in [6, 6.07) is 0. The van der Waals surface area contributed by atoms with Gasteiger partial charge in [0.15, 0.2) is 0 Å². The van der Waals surface area contributed by atoms with Gasteiger partial charge >= 0.3 is 0 Å². The van der Waals surface area contributed by atoms with Crippen LogP contribution in [-0.2, 0) is 4.79 Å². The molecule has 0 radical (unpaired) electrons. The lowest BCUT2D eigenvalue weighted by Crippen LogP contribution is -2.57. The number of carbonyl (C=O) groups excluding carboxylic acids is 1. The minimum atomic E-state index is -0.434. The van der Waals surface area contributed by atoms with E-state index in [9.17, 15) is 4.79 Å². The van der Waals surface area contributed by atoms with Crippen LogP contribution in [0.1, 0.15) is 53.4 Å². The van der Waals surface area contributed by atoms with Crippen LogP contribution >= 0.6 is 0 Å². The molecule has 1 fully saturated rings. The summed E-state index contributed by atoms with van der Waals surface area (Å²) in [6.07, 6.45) is 3.97. The van der Waals surface area contributed by atoms with Crippen molar-refractivity contribution in [3.63, 3.8) is 0 Å². The highest BCUT2D eigenvalue weighted by Gasteiger charge is 2.41. The number of nitrogens with one attached hydrogen (secondary N) is 1. The van der Waals surface area contributed by atoms with Crippen molar-refractivity contribution < 1.29 is 4.79 Å². The second kappa shape index (κ2) is 4.74. The third-order valence-electron chi connectivity index (χ3n) is 4.05. The van der Waals surface area contributed by atoms with Crippen LogP contribution < -0.4 is 11.1 Å². The predicted molar refractivity (Wildman–Crippen MR) is 67.0 cm³/mol. The number of rotatable bonds is 3. The van der Waals surface area contributed by atoms with Crippen molar-refractivity contribution in [2.75, 3.05) is 6.54 Å². The van der Waals surface area contributed by atoms with Gasteiger partial charge in [0.25, 0.3) is 0 Å². The average Bonchev–Trinajstić information content (AvgIpc) is 2.17. The third-order valence-corrected chi connectivity index (χ3v) is 4.05. The molecule has 1 saturated carbocycles. The Bertz CT molecular complexity index is 247.